The number of likely N-dealkylation sites (tertiary alicyclic amines) is 1. The molecule has 0 radical (unpaired) electrons. The van der Waals surface area contributed by atoms with Crippen LogP contribution in [0.4, 0.5) is 0 Å². The maximum Gasteiger partial charge on any atom is 0.253 e. The Bertz CT molecular complexity index is 810. The van der Waals surface area contributed by atoms with Gasteiger partial charge in [0.25, 0.3) is 5.91 Å². The molecule has 1 unspecified atom stereocenters. The Labute approximate surface area is 140 Å². The molecule has 2 aromatic heterocycles. The van der Waals surface area contributed by atoms with Crippen LogP contribution in [0, 0.1) is 0 Å². The van der Waals surface area contributed by atoms with Crippen molar-refractivity contribution in [1.29, 1.82) is 0 Å². The zero-order chi connectivity index (χ0) is 16.4. The van der Waals surface area contributed by atoms with E-state index in [-0.39, 0.29) is 5.91 Å². The molecule has 1 aliphatic rings. The first-order valence-corrected chi connectivity index (χ1v) is 8.30. The predicted molar refractivity (Wildman–Crippen MR) is 92.8 cm³/mol. The van der Waals surface area contributed by atoms with Gasteiger partial charge in [0.2, 0.25) is 0 Å². The lowest BCUT2D eigenvalue weighted by atomic mass is 10.2. The molecule has 5 nitrogen and oxygen atoms in total. The van der Waals surface area contributed by atoms with E-state index in [2.05, 4.69) is 16.5 Å². The fourth-order valence-electron chi connectivity index (χ4n) is 3.20. The second kappa shape index (κ2) is 6.45. The molecule has 3 aromatic rings. The van der Waals surface area contributed by atoms with E-state index in [1.807, 2.05) is 64.1 Å². The van der Waals surface area contributed by atoms with Gasteiger partial charge < -0.3 is 10.2 Å². The van der Waals surface area contributed by atoms with E-state index in [0.717, 1.165) is 42.8 Å². The van der Waals surface area contributed by atoms with Crippen molar-refractivity contribution in [1.82, 2.24) is 19.8 Å². The highest BCUT2D eigenvalue weighted by Gasteiger charge is 2.26. The molecule has 122 valence electrons. The number of nitrogens with one attached hydrogen (secondary N) is 1. The first kappa shape index (κ1) is 14.9. The van der Waals surface area contributed by atoms with Gasteiger partial charge in [-0.25, -0.2) is 4.52 Å². The summed E-state index contributed by atoms with van der Waals surface area (Å²) in [6, 6.07) is 17.9. The molecule has 1 atom stereocenters. The summed E-state index contributed by atoms with van der Waals surface area (Å²) in [4.78, 5) is 14.4. The number of benzene rings is 1. The number of aromatic nitrogens is 2. The number of nitrogens with zero attached hydrogens (tertiary/aromatic N) is 3. The molecule has 1 N–H and O–H groups in total. The number of pyridine rings is 1. The largest absolute Gasteiger partial charge is 0.337 e. The summed E-state index contributed by atoms with van der Waals surface area (Å²) >= 11 is 0. The van der Waals surface area contributed by atoms with E-state index in [1.165, 1.54) is 0 Å². The molecule has 5 heteroatoms. The standard InChI is InChI=1S/C19H20N4O/c24-19(15-6-2-1-3-7-15)22-11-9-16(14-22)20-13-17-12-18-8-4-5-10-23(18)21-17/h1-8,10,12,16,20H,9,11,13-14H2. The predicted octanol–water partition coefficient (Wildman–Crippen LogP) is 2.34. The molecule has 4 rings (SSSR count). The monoisotopic (exact) mass is 320 g/mol. The summed E-state index contributed by atoms with van der Waals surface area (Å²) in [5.74, 6) is 0.118. The normalized spacial score (nSPS) is 17.5. The zero-order valence-corrected chi connectivity index (χ0v) is 13.4. The third-order valence-electron chi connectivity index (χ3n) is 4.49. The van der Waals surface area contributed by atoms with Crippen molar-refractivity contribution in [2.24, 2.45) is 0 Å². The molecular formula is C19H20N4O. The van der Waals surface area contributed by atoms with Crippen molar-refractivity contribution in [3.05, 3.63) is 72.1 Å². The molecular weight excluding hydrogens is 300 g/mol. The first-order chi connectivity index (χ1) is 11.8. The molecule has 1 fully saturated rings. The smallest absolute Gasteiger partial charge is 0.253 e. The lowest BCUT2D eigenvalue weighted by molar-refractivity contribution is 0.0789. The summed E-state index contributed by atoms with van der Waals surface area (Å²) in [6.45, 7) is 2.28. The van der Waals surface area contributed by atoms with Crippen LogP contribution in [0.15, 0.2) is 60.8 Å². The Hall–Kier alpha value is -2.66. The average Bonchev–Trinajstić information content (AvgIpc) is 3.26. The highest BCUT2D eigenvalue weighted by atomic mass is 16.2. The minimum absolute atomic E-state index is 0.118. The maximum absolute atomic E-state index is 12.5. The van der Waals surface area contributed by atoms with Gasteiger partial charge in [-0.3, -0.25) is 4.79 Å². The van der Waals surface area contributed by atoms with E-state index in [9.17, 15) is 4.79 Å². The Balaban J connectivity index is 1.34. The van der Waals surface area contributed by atoms with Gasteiger partial charge in [-0.2, -0.15) is 5.10 Å². The summed E-state index contributed by atoms with van der Waals surface area (Å²) in [6.07, 6.45) is 2.93. The van der Waals surface area contributed by atoms with Crippen LogP contribution in [0.25, 0.3) is 5.52 Å². The van der Waals surface area contributed by atoms with Gasteiger partial charge in [0.15, 0.2) is 0 Å². The summed E-state index contributed by atoms with van der Waals surface area (Å²) in [7, 11) is 0. The van der Waals surface area contributed by atoms with Crippen LogP contribution in [-0.2, 0) is 6.54 Å². The quantitative estimate of drug-likeness (QED) is 0.803. The van der Waals surface area contributed by atoms with Crippen molar-refractivity contribution in [2.75, 3.05) is 13.1 Å². The van der Waals surface area contributed by atoms with Gasteiger partial charge in [0.1, 0.15) is 0 Å². The fraction of sp³-hybridized carbons (Fsp3) is 0.263. The Kier molecular flexibility index (Phi) is 4.01. The zero-order valence-electron chi connectivity index (χ0n) is 13.4. The molecule has 3 heterocycles. The molecule has 0 saturated carbocycles. The third kappa shape index (κ3) is 3.03. The van der Waals surface area contributed by atoms with Crippen LogP contribution in [0.3, 0.4) is 0 Å². The third-order valence-corrected chi connectivity index (χ3v) is 4.49. The van der Waals surface area contributed by atoms with E-state index >= 15 is 0 Å². The van der Waals surface area contributed by atoms with Gasteiger partial charge in [0.05, 0.1) is 11.2 Å². The number of fused-ring (bicyclic) bond motifs is 1. The van der Waals surface area contributed by atoms with Crippen LogP contribution in [0.1, 0.15) is 22.5 Å². The molecule has 1 saturated heterocycles. The molecule has 1 aliphatic heterocycles. The molecule has 0 aliphatic carbocycles. The number of carbonyl (C=O) groups excluding carboxylic acids is 1. The molecule has 1 amide bonds. The second-order valence-corrected chi connectivity index (χ2v) is 6.19. The molecule has 1 aromatic carbocycles. The van der Waals surface area contributed by atoms with Gasteiger partial charge in [-0.05, 0) is 36.8 Å². The van der Waals surface area contributed by atoms with E-state index in [1.54, 1.807) is 0 Å². The minimum Gasteiger partial charge on any atom is -0.337 e. The van der Waals surface area contributed by atoms with Crippen molar-refractivity contribution in [3.8, 4) is 0 Å². The Morgan fingerprint density at radius 1 is 1.17 bits per heavy atom. The van der Waals surface area contributed by atoms with E-state index < -0.39 is 0 Å². The number of hydrogen-bond acceptors (Lipinski definition) is 3. The van der Waals surface area contributed by atoms with Crippen LogP contribution in [0.2, 0.25) is 0 Å². The molecule has 0 spiro atoms. The summed E-state index contributed by atoms with van der Waals surface area (Å²) in [5.41, 5.74) is 2.88. The van der Waals surface area contributed by atoms with Crippen molar-refractivity contribution in [2.45, 2.75) is 19.0 Å². The average molecular weight is 320 g/mol. The SMILES string of the molecule is O=C(c1ccccc1)N1CCC(NCc2cc3ccccn3n2)C1. The van der Waals surface area contributed by atoms with Gasteiger partial charge in [-0.15, -0.1) is 0 Å². The summed E-state index contributed by atoms with van der Waals surface area (Å²) < 4.78 is 1.89. The number of carbonyl (C=O) groups is 1. The highest BCUT2D eigenvalue weighted by molar-refractivity contribution is 5.94. The summed E-state index contributed by atoms with van der Waals surface area (Å²) in [5, 5.41) is 8.07. The van der Waals surface area contributed by atoms with Gasteiger partial charge in [0, 0.05) is 37.4 Å². The molecule has 0 bridgehead atoms. The topological polar surface area (TPSA) is 49.6 Å². The Morgan fingerprint density at radius 3 is 2.83 bits per heavy atom. The second-order valence-electron chi connectivity index (χ2n) is 6.19. The highest BCUT2D eigenvalue weighted by Crippen LogP contribution is 2.14. The van der Waals surface area contributed by atoms with Crippen LogP contribution in [-0.4, -0.2) is 39.6 Å². The fourth-order valence-corrected chi connectivity index (χ4v) is 3.20. The van der Waals surface area contributed by atoms with Crippen LogP contribution >= 0.6 is 0 Å². The van der Waals surface area contributed by atoms with Crippen LogP contribution in [0.5, 0.6) is 0 Å². The lowest BCUT2D eigenvalue weighted by Gasteiger charge is -2.17. The number of hydrogen-bond donors (Lipinski definition) is 1. The van der Waals surface area contributed by atoms with Gasteiger partial charge in [-0.1, -0.05) is 24.3 Å². The van der Waals surface area contributed by atoms with E-state index in [0.29, 0.717) is 6.04 Å². The number of rotatable bonds is 4. The van der Waals surface area contributed by atoms with Crippen molar-refractivity contribution >= 4 is 11.4 Å². The maximum atomic E-state index is 12.5. The Morgan fingerprint density at radius 2 is 2.00 bits per heavy atom. The van der Waals surface area contributed by atoms with Crippen LogP contribution < -0.4 is 5.32 Å². The van der Waals surface area contributed by atoms with Crippen molar-refractivity contribution in [3.63, 3.8) is 0 Å². The lowest BCUT2D eigenvalue weighted by Crippen LogP contribution is -2.34. The van der Waals surface area contributed by atoms with Crippen molar-refractivity contribution < 1.29 is 4.79 Å². The van der Waals surface area contributed by atoms with E-state index in [4.69, 9.17) is 0 Å². The minimum atomic E-state index is 0.118. The van der Waals surface area contributed by atoms with Gasteiger partial charge >= 0.3 is 0 Å². The molecule has 24 heavy (non-hydrogen) atoms. The number of amides is 1. The first-order valence-electron chi connectivity index (χ1n) is 8.30.